The fourth-order valence-corrected chi connectivity index (χ4v) is 2.22. The highest BCUT2D eigenvalue weighted by Gasteiger charge is 2.28. The lowest BCUT2D eigenvalue weighted by molar-refractivity contribution is 0.139. The maximum Gasteiger partial charge on any atom is 0.105 e. The minimum absolute atomic E-state index is 0.275. The van der Waals surface area contributed by atoms with Crippen molar-refractivity contribution in [3.8, 4) is 0 Å². The van der Waals surface area contributed by atoms with Gasteiger partial charge in [0.25, 0.3) is 0 Å². The van der Waals surface area contributed by atoms with Crippen LogP contribution in [0.4, 0.5) is 0 Å². The molecule has 0 aliphatic heterocycles. The van der Waals surface area contributed by atoms with Crippen molar-refractivity contribution in [3.05, 3.63) is 0 Å². The molecule has 0 aromatic rings. The van der Waals surface area contributed by atoms with E-state index in [-0.39, 0.29) is 5.84 Å². The van der Waals surface area contributed by atoms with Gasteiger partial charge >= 0.3 is 0 Å². The van der Waals surface area contributed by atoms with E-state index >= 15 is 0 Å². The van der Waals surface area contributed by atoms with Crippen molar-refractivity contribution >= 4 is 5.84 Å². The minimum atomic E-state index is 0.275. The average Bonchev–Trinajstić information content (AvgIpc) is 2.02. The molecule has 0 aromatic heterocycles. The van der Waals surface area contributed by atoms with E-state index < -0.39 is 0 Å². The Morgan fingerprint density at radius 1 is 1.43 bits per heavy atom. The molecule has 0 saturated heterocycles. The van der Waals surface area contributed by atoms with Gasteiger partial charge in [0.15, 0.2) is 0 Å². The summed E-state index contributed by atoms with van der Waals surface area (Å²) in [5, 5.41) is 7.26. The summed E-state index contributed by atoms with van der Waals surface area (Å²) in [6, 6.07) is 0.631. The average molecular weight is 197 g/mol. The van der Waals surface area contributed by atoms with Gasteiger partial charge in [0, 0.05) is 6.04 Å². The van der Waals surface area contributed by atoms with E-state index in [1.54, 1.807) is 0 Å². The van der Waals surface area contributed by atoms with Crippen molar-refractivity contribution in [3.63, 3.8) is 0 Å². The quantitative estimate of drug-likeness (QED) is 0.535. The molecule has 1 saturated carbocycles. The Morgan fingerprint density at radius 2 is 1.93 bits per heavy atom. The van der Waals surface area contributed by atoms with Crippen LogP contribution in [0.2, 0.25) is 0 Å². The summed E-state index contributed by atoms with van der Waals surface area (Å²) in [5.41, 5.74) is 5.92. The zero-order valence-corrected chi connectivity index (χ0v) is 9.64. The van der Waals surface area contributed by atoms with Crippen LogP contribution < -0.4 is 5.73 Å². The molecule has 3 nitrogen and oxygen atoms in total. The van der Waals surface area contributed by atoms with Gasteiger partial charge in [0.2, 0.25) is 0 Å². The molecule has 3 N–H and O–H groups in total. The van der Waals surface area contributed by atoms with Crippen LogP contribution >= 0.6 is 0 Å². The molecule has 1 fully saturated rings. The molecule has 0 unspecified atom stereocenters. The third-order valence-electron chi connectivity index (χ3n) is 3.35. The molecule has 0 heterocycles. The Hall–Kier alpha value is -0.570. The molecule has 3 heteroatoms. The zero-order valence-electron chi connectivity index (χ0n) is 9.64. The molecule has 1 aliphatic rings. The maximum atomic E-state index is 7.26. The van der Waals surface area contributed by atoms with Crippen LogP contribution in [0.15, 0.2) is 0 Å². The molecule has 82 valence electrons. The van der Waals surface area contributed by atoms with E-state index in [4.69, 9.17) is 11.1 Å². The molecule has 0 bridgehead atoms. The maximum absolute atomic E-state index is 7.26. The molecule has 0 aromatic carbocycles. The van der Waals surface area contributed by atoms with Crippen molar-refractivity contribution in [2.45, 2.75) is 45.6 Å². The third kappa shape index (κ3) is 3.29. The molecule has 1 aliphatic carbocycles. The van der Waals surface area contributed by atoms with Gasteiger partial charge in [-0.1, -0.05) is 13.8 Å². The summed E-state index contributed by atoms with van der Waals surface area (Å²) < 4.78 is 0. The molecule has 0 amide bonds. The van der Waals surface area contributed by atoms with E-state index in [0.717, 1.165) is 0 Å². The van der Waals surface area contributed by atoms with Gasteiger partial charge < -0.3 is 5.73 Å². The second kappa shape index (κ2) is 4.30. The lowest BCUT2D eigenvalue weighted by Crippen LogP contribution is -2.41. The Morgan fingerprint density at radius 3 is 2.36 bits per heavy atom. The van der Waals surface area contributed by atoms with Crippen molar-refractivity contribution in [2.24, 2.45) is 11.1 Å². The summed E-state index contributed by atoms with van der Waals surface area (Å²) in [6.45, 7) is 5.30. The summed E-state index contributed by atoms with van der Waals surface area (Å²) in [6.07, 6.45) is 5.08. The second-order valence-corrected chi connectivity index (χ2v) is 5.34. The fraction of sp³-hybridized carbons (Fsp3) is 0.909. The summed E-state index contributed by atoms with van der Waals surface area (Å²) in [4.78, 5) is 2.22. The number of hydrogen-bond donors (Lipinski definition) is 2. The Bertz CT molecular complexity index is 201. The van der Waals surface area contributed by atoms with Crippen LogP contribution in [0.3, 0.4) is 0 Å². The van der Waals surface area contributed by atoms with E-state index in [0.29, 0.717) is 18.0 Å². The van der Waals surface area contributed by atoms with Crippen LogP contribution in [0.5, 0.6) is 0 Å². The molecule has 0 radical (unpaired) electrons. The predicted molar refractivity (Wildman–Crippen MR) is 60.6 cm³/mol. The third-order valence-corrected chi connectivity index (χ3v) is 3.35. The first-order valence-electron chi connectivity index (χ1n) is 5.44. The first-order valence-corrected chi connectivity index (χ1v) is 5.44. The van der Waals surface area contributed by atoms with Crippen LogP contribution in [0, 0.1) is 10.8 Å². The van der Waals surface area contributed by atoms with E-state index in [1.165, 1.54) is 25.7 Å². The van der Waals surface area contributed by atoms with E-state index in [9.17, 15) is 0 Å². The first kappa shape index (κ1) is 11.5. The lowest BCUT2D eigenvalue weighted by atomic mass is 9.75. The van der Waals surface area contributed by atoms with Crippen molar-refractivity contribution in [1.82, 2.24) is 4.90 Å². The lowest BCUT2D eigenvalue weighted by Gasteiger charge is -2.38. The number of rotatable bonds is 3. The van der Waals surface area contributed by atoms with Crippen LogP contribution in [0.25, 0.3) is 0 Å². The van der Waals surface area contributed by atoms with Gasteiger partial charge in [0.1, 0.15) is 5.84 Å². The Kier molecular flexibility index (Phi) is 3.53. The first-order chi connectivity index (χ1) is 6.41. The standard InChI is InChI=1S/C11H23N3/c1-11(2)6-4-9(5-7-11)14(3)8-10(12)13/h9H,4-8H2,1-3H3,(H3,12,13). The van der Waals surface area contributed by atoms with Crippen LogP contribution in [-0.4, -0.2) is 30.4 Å². The highest BCUT2D eigenvalue weighted by atomic mass is 15.1. The number of nitrogens with one attached hydrogen (secondary N) is 1. The highest BCUT2D eigenvalue weighted by molar-refractivity contribution is 5.78. The molecule has 1 rings (SSSR count). The number of nitrogens with two attached hydrogens (primary N) is 1. The SMILES string of the molecule is CN(CC(=N)N)C1CCC(C)(C)CC1. The second-order valence-electron chi connectivity index (χ2n) is 5.34. The van der Waals surface area contributed by atoms with Crippen molar-refractivity contribution in [1.29, 1.82) is 5.41 Å². The monoisotopic (exact) mass is 197 g/mol. The van der Waals surface area contributed by atoms with Gasteiger partial charge in [-0.25, -0.2) is 0 Å². The van der Waals surface area contributed by atoms with Gasteiger partial charge in [-0.2, -0.15) is 0 Å². The largest absolute Gasteiger partial charge is 0.387 e. The summed E-state index contributed by atoms with van der Waals surface area (Å²) >= 11 is 0. The van der Waals surface area contributed by atoms with Gasteiger partial charge in [-0.3, -0.25) is 10.3 Å². The molecular formula is C11H23N3. The topological polar surface area (TPSA) is 53.1 Å². The fourth-order valence-electron chi connectivity index (χ4n) is 2.22. The minimum Gasteiger partial charge on any atom is -0.387 e. The van der Waals surface area contributed by atoms with E-state index in [1.807, 2.05) is 0 Å². The molecular weight excluding hydrogens is 174 g/mol. The van der Waals surface area contributed by atoms with Crippen molar-refractivity contribution < 1.29 is 0 Å². The van der Waals surface area contributed by atoms with Gasteiger partial charge in [-0.05, 0) is 38.1 Å². The number of nitrogens with zero attached hydrogens (tertiary/aromatic N) is 1. The van der Waals surface area contributed by atoms with Crippen LogP contribution in [-0.2, 0) is 0 Å². The van der Waals surface area contributed by atoms with Gasteiger partial charge in [-0.15, -0.1) is 0 Å². The predicted octanol–water partition coefficient (Wildman–Crippen LogP) is 1.82. The Labute approximate surface area is 87.2 Å². The number of likely N-dealkylation sites (N-methyl/N-ethyl adjacent to an activating group) is 1. The molecule has 14 heavy (non-hydrogen) atoms. The van der Waals surface area contributed by atoms with E-state index in [2.05, 4.69) is 25.8 Å². The Balaban J connectivity index is 2.37. The smallest absolute Gasteiger partial charge is 0.105 e. The highest BCUT2D eigenvalue weighted by Crippen LogP contribution is 2.36. The summed E-state index contributed by atoms with van der Waals surface area (Å²) in [5.74, 6) is 0.275. The molecule has 0 spiro atoms. The summed E-state index contributed by atoms with van der Waals surface area (Å²) in [7, 11) is 2.07. The zero-order chi connectivity index (χ0) is 10.8. The van der Waals surface area contributed by atoms with Crippen molar-refractivity contribution in [2.75, 3.05) is 13.6 Å². The molecule has 0 atom stereocenters. The normalized spacial score (nSPS) is 22.6. The van der Waals surface area contributed by atoms with Crippen LogP contribution in [0.1, 0.15) is 39.5 Å². The number of hydrogen-bond acceptors (Lipinski definition) is 2. The number of amidine groups is 1. The van der Waals surface area contributed by atoms with Gasteiger partial charge in [0.05, 0.1) is 6.54 Å².